The first kappa shape index (κ1) is 5.34. The fraction of sp³-hybridized carbons (Fsp3) is 0.167. The number of nitrogens with two attached hydrogens (primary N) is 1. The Balaban J connectivity index is 2.61. The summed E-state index contributed by atoms with van der Waals surface area (Å²) >= 11 is 0. The number of aliphatic imine (C=N–C) groups is 1. The second-order valence-electron chi connectivity index (χ2n) is 2.05. The van der Waals surface area contributed by atoms with E-state index in [1.165, 1.54) is 0 Å². The molecule has 50 valence electrons. The smallest absolute Gasteiger partial charge is 0.147 e. The van der Waals surface area contributed by atoms with E-state index < -0.39 is 0 Å². The molecule has 0 unspecified atom stereocenters. The predicted octanol–water partition coefficient (Wildman–Crippen LogP) is -0.305. The average Bonchev–Trinajstić information content (AvgIpc) is 2.34. The van der Waals surface area contributed by atoms with Gasteiger partial charge in [-0.1, -0.05) is 0 Å². The highest BCUT2D eigenvalue weighted by molar-refractivity contribution is 5.98. The van der Waals surface area contributed by atoms with E-state index in [2.05, 4.69) is 15.0 Å². The van der Waals surface area contributed by atoms with E-state index >= 15 is 0 Å². The van der Waals surface area contributed by atoms with E-state index in [0.29, 0.717) is 12.4 Å². The molecule has 2 rings (SSSR count). The van der Waals surface area contributed by atoms with Gasteiger partial charge in [-0.3, -0.25) is 9.98 Å². The van der Waals surface area contributed by atoms with Gasteiger partial charge in [0, 0.05) is 12.4 Å². The summed E-state index contributed by atoms with van der Waals surface area (Å²) in [6, 6.07) is 0. The van der Waals surface area contributed by atoms with Crippen LogP contribution in [0.5, 0.6) is 0 Å². The number of aromatic nitrogens is 2. The lowest BCUT2D eigenvalue weighted by molar-refractivity contribution is 0.998. The standard InChI is InChI=1S/C6H6N4/c7-6-5-4(3-10-6)8-1-2-9-5/h1-2H,3H2,(H2,7,10). The molecule has 0 bridgehead atoms. The fourth-order valence-electron chi connectivity index (χ4n) is 0.931. The molecule has 10 heavy (non-hydrogen) atoms. The van der Waals surface area contributed by atoms with Crippen molar-refractivity contribution in [2.24, 2.45) is 10.7 Å². The first-order chi connectivity index (χ1) is 4.88. The molecule has 1 aliphatic rings. The second kappa shape index (κ2) is 1.76. The van der Waals surface area contributed by atoms with Crippen molar-refractivity contribution in [1.29, 1.82) is 0 Å². The number of amidine groups is 1. The molecule has 0 fully saturated rings. The molecule has 0 saturated heterocycles. The Morgan fingerprint density at radius 2 is 2.10 bits per heavy atom. The lowest BCUT2D eigenvalue weighted by Crippen LogP contribution is -2.12. The Morgan fingerprint density at radius 3 is 2.90 bits per heavy atom. The Hall–Kier alpha value is -1.45. The molecule has 0 saturated carbocycles. The molecule has 4 nitrogen and oxygen atoms in total. The maximum Gasteiger partial charge on any atom is 0.147 e. The van der Waals surface area contributed by atoms with Crippen molar-refractivity contribution in [3.63, 3.8) is 0 Å². The number of nitrogens with zero attached hydrogens (tertiary/aromatic N) is 3. The van der Waals surface area contributed by atoms with Crippen LogP contribution in [0.4, 0.5) is 0 Å². The van der Waals surface area contributed by atoms with Crippen LogP contribution in [-0.2, 0) is 6.54 Å². The van der Waals surface area contributed by atoms with Crippen LogP contribution in [0, 0.1) is 0 Å². The molecule has 0 aliphatic carbocycles. The van der Waals surface area contributed by atoms with Crippen LogP contribution in [0.25, 0.3) is 0 Å². The van der Waals surface area contributed by atoms with E-state index in [1.807, 2.05) is 0 Å². The summed E-state index contributed by atoms with van der Waals surface area (Å²) < 4.78 is 0. The first-order valence-electron chi connectivity index (χ1n) is 2.98. The first-order valence-corrected chi connectivity index (χ1v) is 2.98. The van der Waals surface area contributed by atoms with Gasteiger partial charge >= 0.3 is 0 Å². The molecule has 1 aliphatic heterocycles. The number of hydrogen-bond acceptors (Lipinski definition) is 4. The van der Waals surface area contributed by atoms with E-state index in [-0.39, 0.29) is 0 Å². The van der Waals surface area contributed by atoms with Crippen LogP contribution in [-0.4, -0.2) is 15.8 Å². The van der Waals surface area contributed by atoms with Crippen LogP contribution >= 0.6 is 0 Å². The monoisotopic (exact) mass is 134 g/mol. The maximum atomic E-state index is 5.49. The normalized spacial score (nSPS) is 14.6. The summed E-state index contributed by atoms with van der Waals surface area (Å²) in [6.45, 7) is 0.578. The fourth-order valence-corrected chi connectivity index (χ4v) is 0.931. The zero-order valence-electron chi connectivity index (χ0n) is 5.28. The van der Waals surface area contributed by atoms with Crippen molar-refractivity contribution in [2.45, 2.75) is 6.54 Å². The van der Waals surface area contributed by atoms with Gasteiger partial charge < -0.3 is 5.73 Å². The number of fused-ring (bicyclic) bond motifs is 1. The number of rotatable bonds is 0. The summed E-state index contributed by atoms with van der Waals surface area (Å²) in [7, 11) is 0. The minimum absolute atomic E-state index is 0.503. The Kier molecular flexibility index (Phi) is 0.943. The third kappa shape index (κ3) is 0.586. The van der Waals surface area contributed by atoms with Crippen molar-refractivity contribution in [2.75, 3.05) is 0 Å². The Morgan fingerprint density at radius 1 is 1.30 bits per heavy atom. The lowest BCUT2D eigenvalue weighted by atomic mass is 10.3. The third-order valence-corrected chi connectivity index (χ3v) is 1.42. The second-order valence-corrected chi connectivity index (χ2v) is 2.05. The van der Waals surface area contributed by atoms with Crippen LogP contribution in [0.15, 0.2) is 17.4 Å². The summed E-state index contributed by atoms with van der Waals surface area (Å²) in [5.41, 5.74) is 7.11. The van der Waals surface area contributed by atoms with Crippen LogP contribution in [0.3, 0.4) is 0 Å². The zero-order valence-corrected chi connectivity index (χ0v) is 5.28. The van der Waals surface area contributed by atoms with E-state index in [1.54, 1.807) is 12.4 Å². The van der Waals surface area contributed by atoms with Gasteiger partial charge in [-0.25, -0.2) is 4.98 Å². The minimum atomic E-state index is 0.503. The molecule has 0 atom stereocenters. The topological polar surface area (TPSA) is 64.2 Å². The van der Waals surface area contributed by atoms with E-state index in [4.69, 9.17) is 5.73 Å². The Bertz CT molecular complexity index is 292. The van der Waals surface area contributed by atoms with Gasteiger partial charge in [0.05, 0.1) is 12.2 Å². The minimum Gasteiger partial charge on any atom is -0.382 e. The zero-order chi connectivity index (χ0) is 6.97. The molecule has 4 heteroatoms. The largest absolute Gasteiger partial charge is 0.382 e. The summed E-state index contributed by atoms with van der Waals surface area (Å²) in [5, 5.41) is 0. The summed E-state index contributed by atoms with van der Waals surface area (Å²) in [4.78, 5) is 12.0. The molecular weight excluding hydrogens is 128 g/mol. The van der Waals surface area contributed by atoms with E-state index in [0.717, 1.165) is 11.4 Å². The van der Waals surface area contributed by atoms with Gasteiger partial charge in [-0.2, -0.15) is 0 Å². The molecular formula is C6H6N4. The highest BCUT2D eigenvalue weighted by Gasteiger charge is 2.13. The van der Waals surface area contributed by atoms with Crippen molar-refractivity contribution < 1.29 is 0 Å². The summed E-state index contributed by atoms with van der Waals surface area (Å²) in [5.74, 6) is 0.503. The molecule has 1 aromatic rings. The lowest BCUT2D eigenvalue weighted by Gasteiger charge is -1.92. The van der Waals surface area contributed by atoms with Crippen molar-refractivity contribution in [1.82, 2.24) is 9.97 Å². The molecule has 0 amide bonds. The highest BCUT2D eigenvalue weighted by atomic mass is 15.0. The van der Waals surface area contributed by atoms with Crippen LogP contribution < -0.4 is 5.73 Å². The molecule has 1 aromatic heterocycles. The van der Waals surface area contributed by atoms with Gasteiger partial charge in [0.2, 0.25) is 0 Å². The maximum absolute atomic E-state index is 5.49. The molecule has 0 aromatic carbocycles. The predicted molar refractivity (Wildman–Crippen MR) is 36.5 cm³/mol. The molecule has 2 N–H and O–H groups in total. The van der Waals surface area contributed by atoms with Gasteiger partial charge in [0.1, 0.15) is 11.5 Å². The van der Waals surface area contributed by atoms with Crippen LogP contribution in [0.2, 0.25) is 0 Å². The highest BCUT2D eigenvalue weighted by Crippen LogP contribution is 2.09. The Labute approximate surface area is 57.8 Å². The third-order valence-electron chi connectivity index (χ3n) is 1.42. The quantitative estimate of drug-likeness (QED) is 0.529. The van der Waals surface area contributed by atoms with Crippen LogP contribution in [0.1, 0.15) is 11.4 Å². The van der Waals surface area contributed by atoms with Gasteiger partial charge in [0.15, 0.2) is 0 Å². The molecule has 2 heterocycles. The average molecular weight is 134 g/mol. The molecule has 0 radical (unpaired) electrons. The SMILES string of the molecule is NC1=NCc2nccnc21. The molecule has 0 spiro atoms. The van der Waals surface area contributed by atoms with Crippen molar-refractivity contribution in [3.8, 4) is 0 Å². The van der Waals surface area contributed by atoms with E-state index in [9.17, 15) is 0 Å². The van der Waals surface area contributed by atoms with Gasteiger partial charge in [-0.15, -0.1) is 0 Å². The van der Waals surface area contributed by atoms with Gasteiger partial charge in [-0.05, 0) is 0 Å². The number of hydrogen-bond donors (Lipinski definition) is 1. The van der Waals surface area contributed by atoms with Crippen molar-refractivity contribution in [3.05, 3.63) is 23.8 Å². The van der Waals surface area contributed by atoms with Gasteiger partial charge in [0.25, 0.3) is 0 Å². The summed E-state index contributed by atoms with van der Waals surface area (Å²) in [6.07, 6.45) is 3.26. The van der Waals surface area contributed by atoms with Crippen molar-refractivity contribution >= 4 is 5.84 Å².